The molecule has 0 radical (unpaired) electrons. The number of carbonyl (C=O) groups excluding carboxylic acids is 1. The predicted octanol–water partition coefficient (Wildman–Crippen LogP) is 2.47. The van der Waals surface area contributed by atoms with Gasteiger partial charge in [0.15, 0.2) is 0 Å². The molecule has 94 valence electrons. The number of hydrogen-bond donors (Lipinski definition) is 2. The maximum absolute atomic E-state index is 11.2. The molecule has 0 bridgehead atoms. The number of anilines is 1. The van der Waals surface area contributed by atoms with E-state index in [0.717, 1.165) is 21.1 Å². The Bertz CT molecular complexity index is 577. The molecule has 5 heteroatoms. The lowest BCUT2D eigenvalue weighted by Crippen LogP contribution is -2.13. The highest BCUT2D eigenvalue weighted by atomic mass is 32.1. The summed E-state index contributed by atoms with van der Waals surface area (Å²) >= 11 is 1.66. The van der Waals surface area contributed by atoms with Crippen molar-refractivity contribution in [2.75, 3.05) is 5.32 Å². The lowest BCUT2D eigenvalue weighted by molar-refractivity contribution is 0.1000. The largest absolute Gasteiger partial charge is 0.380 e. The second-order valence-electron chi connectivity index (χ2n) is 4.04. The van der Waals surface area contributed by atoms with Gasteiger partial charge in [0.2, 0.25) is 5.91 Å². The first-order valence-electron chi connectivity index (χ1n) is 5.62. The number of benzene rings is 1. The summed E-state index contributed by atoms with van der Waals surface area (Å²) in [6.45, 7) is 4.57. The van der Waals surface area contributed by atoms with Crippen molar-refractivity contribution in [3.05, 3.63) is 45.4 Å². The van der Waals surface area contributed by atoms with Crippen LogP contribution in [0.1, 0.15) is 25.8 Å². The molecule has 0 unspecified atom stereocenters. The van der Waals surface area contributed by atoms with Crippen LogP contribution in [-0.4, -0.2) is 10.9 Å². The van der Waals surface area contributed by atoms with Gasteiger partial charge in [0, 0.05) is 22.3 Å². The number of carbonyl (C=O) groups is 1. The Morgan fingerprint density at radius 2 is 2.22 bits per heavy atom. The first-order chi connectivity index (χ1) is 8.58. The van der Waals surface area contributed by atoms with E-state index in [0.29, 0.717) is 12.1 Å². The fourth-order valence-corrected chi connectivity index (χ4v) is 2.50. The molecule has 1 aromatic heterocycles. The highest BCUT2D eigenvalue weighted by Crippen LogP contribution is 2.20. The SMILES string of the molecule is Cc1ncc(CNc2cccc(C(N)=O)c2C)s1. The summed E-state index contributed by atoms with van der Waals surface area (Å²) in [5.41, 5.74) is 7.68. The Hall–Kier alpha value is -1.88. The molecule has 1 aromatic carbocycles. The molecular weight excluding hydrogens is 246 g/mol. The van der Waals surface area contributed by atoms with Gasteiger partial charge in [-0.1, -0.05) is 6.07 Å². The third-order valence-corrected chi connectivity index (χ3v) is 3.63. The summed E-state index contributed by atoms with van der Waals surface area (Å²) < 4.78 is 0. The number of rotatable bonds is 4. The molecule has 0 aliphatic heterocycles. The van der Waals surface area contributed by atoms with Crippen molar-refractivity contribution in [1.82, 2.24) is 4.98 Å². The minimum absolute atomic E-state index is 0.398. The van der Waals surface area contributed by atoms with Crippen LogP contribution in [0, 0.1) is 13.8 Å². The Morgan fingerprint density at radius 3 is 2.83 bits per heavy atom. The summed E-state index contributed by atoms with van der Waals surface area (Å²) in [5.74, 6) is -0.398. The molecule has 0 aliphatic carbocycles. The Morgan fingerprint density at radius 1 is 1.44 bits per heavy atom. The molecule has 0 atom stereocenters. The van der Waals surface area contributed by atoms with E-state index in [1.807, 2.05) is 32.2 Å². The topological polar surface area (TPSA) is 68.0 Å². The van der Waals surface area contributed by atoms with Crippen LogP contribution in [0.4, 0.5) is 5.69 Å². The van der Waals surface area contributed by atoms with Crippen LogP contribution < -0.4 is 11.1 Å². The predicted molar refractivity (Wildman–Crippen MR) is 73.9 cm³/mol. The first kappa shape index (κ1) is 12.6. The van der Waals surface area contributed by atoms with E-state index in [-0.39, 0.29) is 0 Å². The van der Waals surface area contributed by atoms with Crippen LogP contribution in [-0.2, 0) is 6.54 Å². The second kappa shape index (κ2) is 5.18. The summed E-state index contributed by atoms with van der Waals surface area (Å²) in [6.07, 6.45) is 1.86. The van der Waals surface area contributed by atoms with E-state index in [9.17, 15) is 4.79 Å². The molecule has 3 N–H and O–H groups in total. The summed E-state index contributed by atoms with van der Waals surface area (Å²) in [6, 6.07) is 5.50. The molecule has 0 fully saturated rings. The number of primary amides is 1. The smallest absolute Gasteiger partial charge is 0.249 e. The number of aryl methyl sites for hydroxylation is 1. The number of thiazole rings is 1. The molecule has 18 heavy (non-hydrogen) atoms. The van der Waals surface area contributed by atoms with Gasteiger partial charge in [0.25, 0.3) is 0 Å². The molecule has 0 saturated carbocycles. The monoisotopic (exact) mass is 261 g/mol. The lowest BCUT2D eigenvalue weighted by atomic mass is 10.1. The zero-order chi connectivity index (χ0) is 13.1. The zero-order valence-corrected chi connectivity index (χ0v) is 11.2. The highest BCUT2D eigenvalue weighted by Gasteiger charge is 2.08. The van der Waals surface area contributed by atoms with E-state index in [1.165, 1.54) is 0 Å². The van der Waals surface area contributed by atoms with Gasteiger partial charge in [-0.2, -0.15) is 0 Å². The average Bonchev–Trinajstić information content (AvgIpc) is 2.73. The number of amides is 1. The maximum atomic E-state index is 11.2. The van der Waals surface area contributed by atoms with Gasteiger partial charge in [-0.3, -0.25) is 4.79 Å². The van der Waals surface area contributed by atoms with E-state index >= 15 is 0 Å². The van der Waals surface area contributed by atoms with Crippen molar-refractivity contribution in [3.8, 4) is 0 Å². The average molecular weight is 261 g/mol. The molecule has 1 amide bonds. The van der Waals surface area contributed by atoms with Gasteiger partial charge in [-0.15, -0.1) is 11.3 Å². The van der Waals surface area contributed by atoms with Crippen LogP contribution >= 0.6 is 11.3 Å². The molecule has 0 spiro atoms. The van der Waals surface area contributed by atoms with Crippen molar-refractivity contribution in [3.63, 3.8) is 0 Å². The van der Waals surface area contributed by atoms with Gasteiger partial charge in [-0.25, -0.2) is 4.98 Å². The summed E-state index contributed by atoms with van der Waals surface area (Å²) in [4.78, 5) is 16.6. The van der Waals surface area contributed by atoms with E-state index < -0.39 is 5.91 Å². The first-order valence-corrected chi connectivity index (χ1v) is 6.44. The van der Waals surface area contributed by atoms with Gasteiger partial charge >= 0.3 is 0 Å². The van der Waals surface area contributed by atoms with Crippen molar-refractivity contribution >= 4 is 22.9 Å². The normalized spacial score (nSPS) is 10.3. The third-order valence-electron chi connectivity index (χ3n) is 2.72. The van der Waals surface area contributed by atoms with Crippen molar-refractivity contribution in [2.24, 2.45) is 5.73 Å². The van der Waals surface area contributed by atoms with Gasteiger partial charge in [-0.05, 0) is 31.5 Å². The van der Waals surface area contributed by atoms with Crippen LogP contribution in [0.5, 0.6) is 0 Å². The third kappa shape index (κ3) is 2.68. The van der Waals surface area contributed by atoms with E-state index in [2.05, 4.69) is 10.3 Å². The standard InChI is InChI=1S/C13H15N3OS/c1-8-11(13(14)17)4-3-5-12(8)16-7-10-6-15-9(2)18-10/h3-6,16H,7H2,1-2H3,(H2,14,17). The summed E-state index contributed by atoms with van der Waals surface area (Å²) in [5, 5.41) is 4.35. The van der Waals surface area contributed by atoms with E-state index in [4.69, 9.17) is 5.73 Å². The molecule has 2 rings (SSSR count). The Balaban J connectivity index is 2.14. The molecule has 0 aliphatic rings. The van der Waals surface area contributed by atoms with Crippen LogP contribution in [0.25, 0.3) is 0 Å². The molecular formula is C13H15N3OS. The van der Waals surface area contributed by atoms with Gasteiger partial charge in [0.05, 0.1) is 11.6 Å². The second-order valence-corrected chi connectivity index (χ2v) is 5.36. The number of nitrogens with zero attached hydrogens (tertiary/aromatic N) is 1. The van der Waals surface area contributed by atoms with Crippen LogP contribution in [0.3, 0.4) is 0 Å². The van der Waals surface area contributed by atoms with Gasteiger partial charge < -0.3 is 11.1 Å². The molecule has 0 saturated heterocycles. The molecule has 1 heterocycles. The summed E-state index contributed by atoms with van der Waals surface area (Å²) in [7, 11) is 0. The Labute approximate surface area is 110 Å². The number of nitrogens with one attached hydrogen (secondary N) is 1. The van der Waals surface area contributed by atoms with Crippen molar-refractivity contribution in [2.45, 2.75) is 20.4 Å². The zero-order valence-electron chi connectivity index (χ0n) is 10.4. The highest BCUT2D eigenvalue weighted by molar-refractivity contribution is 7.11. The fourth-order valence-electron chi connectivity index (χ4n) is 1.76. The number of hydrogen-bond acceptors (Lipinski definition) is 4. The Kier molecular flexibility index (Phi) is 3.62. The van der Waals surface area contributed by atoms with Gasteiger partial charge in [0.1, 0.15) is 0 Å². The maximum Gasteiger partial charge on any atom is 0.249 e. The molecule has 2 aromatic rings. The number of nitrogens with two attached hydrogens (primary N) is 1. The van der Waals surface area contributed by atoms with Crippen LogP contribution in [0.2, 0.25) is 0 Å². The minimum atomic E-state index is -0.398. The minimum Gasteiger partial charge on any atom is -0.380 e. The lowest BCUT2D eigenvalue weighted by Gasteiger charge is -2.10. The van der Waals surface area contributed by atoms with E-state index in [1.54, 1.807) is 17.4 Å². The quantitative estimate of drug-likeness (QED) is 0.888. The van der Waals surface area contributed by atoms with Crippen molar-refractivity contribution in [1.29, 1.82) is 0 Å². The van der Waals surface area contributed by atoms with Crippen molar-refractivity contribution < 1.29 is 4.79 Å². The van der Waals surface area contributed by atoms with Crippen LogP contribution in [0.15, 0.2) is 24.4 Å². The molecule has 4 nitrogen and oxygen atoms in total. The fraction of sp³-hybridized carbons (Fsp3) is 0.231. The number of aromatic nitrogens is 1.